The van der Waals surface area contributed by atoms with Gasteiger partial charge in [-0.15, -0.1) is 0 Å². The zero-order valence-corrected chi connectivity index (χ0v) is 8.83. The van der Waals surface area contributed by atoms with Crippen molar-refractivity contribution in [3.8, 4) is 0 Å². The smallest absolute Gasteiger partial charge is 0.0853 e. The molecule has 0 spiro atoms. The van der Waals surface area contributed by atoms with Gasteiger partial charge in [-0.1, -0.05) is 20.3 Å². The van der Waals surface area contributed by atoms with Gasteiger partial charge < -0.3 is 10.5 Å². The lowest BCUT2D eigenvalue weighted by molar-refractivity contribution is -0.0398. The minimum Gasteiger partial charge on any atom is -0.374 e. The van der Waals surface area contributed by atoms with Crippen molar-refractivity contribution in [1.82, 2.24) is 4.90 Å². The molecule has 1 unspecified atom stereocenters. The quantitative estimate of drug-likeness (QED) is 0.707. The lowest BCUT2D eigenvalue weighted by atomic mass is 10.1. The number of nitrogens with zero attached hydrogens (tertiary/aromatic N) is 1. The van der Waals surface area contributed by atoms with Crippen LogP contribution in [0.15, 0.2) is 0 Å². The van der Waals surface area contributed by atoms with Gasteiger partial charge in [0, 0.05) is 19.1 Å². The van der Waals surface area contributed by atoms with Crippen LogP contribution < -0.4 is 5.73 Å². The third kappa shape index (κ3) is 3.25. The van der Waals surface area contributed by atoms with E-state index in [-0.39, 0.29) is 12.1 Å². The molecule has 3 heteroatoms. The summed E-state index contributed by atoms with van der Waals surface area (Å²) in [4.78, 5) is 2.41. The molecule has 1 aliphatic heterocycles. The van der Waals surface area contributed by atoms with Crippen molar-refractivity contribution in [2.24, 2.45) is 5.73 Å². The van der Waals surface area contributed by atoms with E-state index in [4.69, 9.17) is 10.5 Å². The molecule has 1 heterocycles. The number of nitrogens with two attached hydrogens (primary N) is 1. The Morgan fingerprint density at radius 3 is 2.92 bits per heavy atom. The molecule has 1 rings (SSSR count). The Morgan fingerprint density at radius 2 is 2.31 bits per heavy atom. The van der Waals surface area contributed by atoms with E-state index in [1.165, 1.54) is 0 Å². The molecule has 0 aliphatic carbocycles. The van der Waals surface area contributed by atoms with Crippen molar-refractivity contribution in [3.05, 3.63) is 0 Å². The maximum Gasteiger partial charge on any atom is 0.0853 e. The fourth-order valence-corrected chi connectivity index (χ4v) is 1.80. The first-order valence-electron chi connectivity index (χ1n) is 5.37. The van der Waals surface area contributed by atoms with Gasteiger partial charge >= 0.3 is 0 Å². The molecular formula is C10H22N2O. The van der Waals surface area contributed by atoms with E-state index in [9.17, 15) is 0 Å². The molecule has 0 aromatic rings. The first kappa shape index (κ1) is 11.0. The Morgan fingerprint density at radius 1 is 1.54 bits per heavy atom. The topological polar surface area (TPSA) is 38.5 Å². The third-order valence-electron chi connectivity index (χ3n) is 2.72. The minimum absolute atomic E-state index is 0.222. The summed E-state index contributed by atoms with van der Waals surface area (Å²) in [7, 11) is 0. The molecule has 13 heavy (non-hydrogen) atoms. The minimum atomic E-state index is 0.222. The molecular weight excluding hydrogens is 164 g/mol. The van der Waals surface area contributed by atoms with Gasteiger partial charge in [0.15, 0.2) is 0 Å². The van der Waals surface area contributed by atoms with Crippen molar-refractivity contribution in [3.63, 3.8) is 0 Å². The summed E-state index contributed by atoms with van der Waals surface area (Å²) in [6.45, 7) is 8.38. The molecule has 1 fully saturated rings. The van der Waals surface area contributed by atoms with Crippen LogP contribution >= 0.6 is 0 Å². The number of rotatable bonds is 4. The number of hydrogen-bond donors (Lipinski definition) is 1. The summed E-state index contributed by atoms with van der Waals surface area (Å²) in [5, 5.41) is 0. The molecule has 1 aliphatic rings. The standard InChI is InChI=1S/C10H22N2O/c1-3-5-9(11)10-8-12(4-2)6-7-13-10/h9-10H,3-8,11H2,1-2H3/t9-,10?/m0/s1. The van der Waals surface area contributed by atoms with Gasteiger partial charge in [-0.05, 0) is 13.0 Å². The van der Waals surface area contributed by atoms with Crippen molar-refractivity contribution < 1.29 is 4.74 Å². The maximum atomic E-state index is 6.02. The Bertz CT molecular complexity index is 141. The van der Waals surface area contributed by atoms with Gasteiger partial charge in [0.1, 0.15) is 0 Å². The number of ether oxygens (including phenoxy) is 1. The Labute approximate surface area is 81.2 Å². The number of likely N-dealkylation sites (N-methyl/N-ethyl adjacent to an activating group) is 1. The van der Waals surface area contributed by atoms with E-state index >= 15 is 0 Å². The maximum absolute atomic E-state index is 6.02. The summed E-state index contributed by atoms with van der Waals surface area (Å²) >= 11 is 0. The highest BCUT2D eigenvalue weighted by Gasteiger charge is 2.24. The van der Waals surface area contributed by atoms with Crippen LogP contribution in [0.25, 0.3) is 0 Å². The number of morpholine rings is 1. The highest BCUT2D eigenvalue weighted by molar-refractivity contribution is 4.79. The molecule has 0 radical (unpaired) electrons. The highest BCUT2D eigenvalue weighted by Crippen LogP contribution is 2.10. The highest BCUT2D eigenvalue weighted by atomic mass is 16.5. The van der Waals surface area contributed by atoms with Crippen molar-refractivity contribution in [2.45, 2.75) is 38.8 Å². The molecule has 1 saturated heterocycles. The van der Waals surface area contributed by atoms with E-state index in [0.29, 0.717) is 0 Å². The second-order valence-electron chi connectivity index (χ2n) is 3.76. The second kappa shape index (κ2) is 5.58. The van der Waals surface area contributed by atoms with Crippen LogP contribution in [0.1, 0.15) is 26.7 Å². The fourth-order valence-electron chi connectivity index (χ4n) is 1.80. The van der Waals surface area contributed by atoms with Gasteiger partial charge in [-0.2, -0.15) is 0 Å². The normalized spacial score (nSPS) is 27.5. The van der Waals surface area contributed by atoms with Gasteiger partial charge in [-0.25, -0.2) is 0 Å². The van der Waals surface area contributed by atoms with E-state index in [1.807, 2.05) is 0 Å². The monoisotopic (exact) mass is 186 g/mol. The van der Waals surface area contributed by atoms with Crippen molar-refractivity contribution in [1.29, 1.82) is 0 Å². The molecule has 0 bridgehead atoms. The molecule has 0 aromatic heterocycles. The average molecular weight is 186 g/mol. The van der Waals surface area contributed by atoms with E-state index < -0.39 is 0 Å². The molecule has 2 atom stereocenters. The van der Waals surface area contributed by atoms with Gasteiger partial charge in [0.2, 0.25) is 0 Å². The molecule has 0 amide bonds. The van der Waals surface area contributed by atoms with E-state index in [0.717, 1.165) is 39.1 Å². The summed E-state index contributed by atoms with van der Waals surface area (Å²) in [6.07, 6.45) is 2.48. The predicted molar refractivity (Wildman–Crippen MR) is 54.7 cm³/mol. The lowest BCUT2D eigenvalue weighted by Crippen LogP contribution is -2.50. The summed E-state index contributed by atoms with van der Waals surface area (Å²) in [5.41, 5.74) is 6.02. The van der Waals surface area contributed by atoms with E-state index in [2.05, 4.69) is 18.7 Å². The van der Waals surface area contributed by atoms with E-state index in [1.54, 1.807) is 0 Å². The molecule has 78 valence electrons. The molecule has 3 nitrogen and oxygen atoms in total. The van der Waals surface area contributed by atoms with Crippen molar-refractivity contribution >= 4 is 0 Å². The fraction of sp³-hybridized carbons (Fsp3) is 1.00. The molecule has 0 saturated carbocycles. The summed E-state index contributed by atoms with van der Waals surface area (Å²) < 4.78 is 5.66. The van der Waals surface area contributed by atoms with Gasteiger partial charge in [0.05, 0.1) is 12.7 Å². The Balaban J connectivity index is 2.32. The van der Waals surface area contributed by atoms with Gasteiger partial charge in [-0.3, -0.25) is 4.90 Å². The van der Waals surface area contributed by atoms with Gasteiger partial charge in [0.25, 0.3) is 0 Å². The average Bonchev–Trinajstić information content (AvgIpc) is 2.18. The van der Waals surface area contributed by atoms with Crippen LogP contribution in [-0.4, -0.2) is 43.3 Å². The SMILES string of the molecule is CCC[C@H](N)C1CN(CC)CCO1. The van der Waals surface area contributed by atoms with Crippen LogP contribution in [0.2, 0.25) is 0 Å². The van der Waals surface area contributed by atoms with Crippen LogP contribution in [0.5, 0.6) is 0 Å². The summed E-state index contributed by atoms with van der Waals surface area (Å²) in [6, 6.07) is 0.222. The lowest BCUT2D eigenvalue weighted by Gasteiger charge is -2.35. The first-order valence-corrected chi connectivity index (χ1v) is 5.37. The predicted octanol–water partition coefficient (Wildman–Crippen LogP) is 0.834. The summed E-state index contributed by atoms with van der Waals surface area (Å²) in [5.74, 6) is 0. The van der Waals surface area contributed by atoms with Crippen molar-refractivity contribution in [2.75, 3.05) is 26.2 Å². The van der Waals surface area contributed by atoms with Crippen LogP contribution in [0.3, 0.4) is 0 Å². The third-order valence-corrected chi connectivity index (χ3v) is 2.72. The molecule has 2 N–H and O–H groups in total. The largest absolute Gasteiger partial charge is 0.374 e. The van der Waals surface area contributed by atoms with Crippen LogP contribution in [0, 0.1) is 0 Å². The Kier molecular flexibility index (Phi) is 4.70. The zero-order valence-electron chi connectivity index (χ0n) is 8.83. The zero-order chi connectivity index (χ0) is 9.68. The van der Waals surface area contributed by atoms with Crippen LogP contribution in [0.4, 0.5) is 0 Å². The Hall–Kier alpha value is -0.120. The number of hydrogen-bond acceptors (Lipinski definition) is 3. The molecule has 0 aromatic carbocycles. The first-order chi connectivity index (χ1) is 6.27. The second-order valence-corrected chi connectivity index (χ2v) is 3.76. The van der Waals surface area contributed by atoms with Crippen LogP contribution in [-0.2, 0) is 4.74 Å².